The minimum atomic E-state index is -2.79. The van der Waals surface area contributed by atoms with E-state index in [2.05, 4.69) is 5.32 Å². The molecule has 0 aliphatic carbocycles. The van der Waals surface area contributed by atoms with Crippen LogP contribution in [-0.2, 0) is 4.74 Å². The summed E-state index contributed by atoms with van der Waals surface area (Å²) in [5.74, 6) is -2.74. The molecule has 1 fully saturated rings. The predicted molar refractivity (Wildman–Crippen MR) is 117 cm³/mol. The summed E-state index contributed by atoms with van der Waals surface area (Å²) in [4.78, 5) is 25.0. The lowest BCUT2D eigenvalue weighted by atomic mass is 10.0. The zero-order valence-corrected chi connectivity index (χ0v) is 18.8. The van der Waals surface area contributed by atoms with Crippen LogP contribution in [0.2, 0.25) is 5.02 Å². The molecular weight excluding hydrogens is 442 g/mol. The van der Waals surface area contributed by atoms with E-state index in [-0.39, 0.29) is 13.2 Å². The number of hydrogen-bond donors (Lipinski definition) is 1. The Hall–Kier alpha value is -2.87. The van der Waals surface area contributed by atoms with Gasteiger partial charge in [0.25, 0.3) is 11.8 Å². The van der Waals surface area contributed by atoms with Crippen molar-refractivity contribution < 1.29 is 27.8 Å². The van der Waals surface area contributed by atoms with Gasteiger partial charge >= 0.3 is 6.09 Å². The molecule has 2 aromatic carbocycles. The van der Waals surface area contributed by atoms with E-state index < -0.39 is 36.6 Å². The van der Waals surface area contributed by atoms with E-state index in [1.54, 1.807) is 57.2 Å². The molecule has 0 radical (unpaired) electrons. The van der Waals surface area contributed by atoms with Crippen molar-refractivity contribution in [2.24, 2.45) is 0 Å². The maximum Gasteiger partial charge on any atom is 0.407 e. The first kappa shape index (κ1) is 23.8. The van der Waals surface area contributed by atoms with Crippen molar-refractivity contribution in [3.8, 4) is 16.9 Å². The van der Waals surface area contributed by atoms with Gasteiger partial charge in [-0.2, -0.15) is 0 Å². The number of nitrogens with zero attached hydrogens (tertiary/aromatic N) is 1. The largest absolute Gasteiger partial charge is 0.490 e. The minimum absolute atomic E-state index is 0.213. The van der Waals surface area contributed by atoms with Gasteiger partial charge in [0.2, 0.25) is 0 Å². The smallest absolute Gasteiger partial charge is 0.407 e. The van der Waals surface area contributed by atoms with Crippen LogP contribution in [0.15, 0.2) is 42.5 Å². The summed E-state index contributed by atoms with van der Waals surface area (Å²) in [7, 11) is 0. The molecule has 3 rings (SSSR count). The summed E-state index contributed by atoms with van der Waals surface area (Å²) in [6.45, 7) is 4.72. The van der Waals surface area contributed by atoms with Crippen molar-refractivity contribution in [2.75, 3.05) is 26.2 Å². The summed E-state index contributed by atoms with van der Waals surface area (Å²) in [6.07, 6.45) is -0.521. The Morgan fingerprint density at radius 1 is 1.09 bits per heavy atom. The second-order valence-electron chi connectivity index (χ2n) is 8.52. The van der Waals surface area contributed by atoms with Crippen LogP contribution >= 0.6 is 11.6 Å². The van der Waals surface area contributed by atoms with Crippen molar-refractivity contribution in [1.29, 1.82) is 0 Å². The third kappa shape index (κ3) is 6.32. The molecule has 9 heteroatoms. The van der Waals surface area contributed by atoms with Gasteiger partial charge in [-0.05, 0) is 56.2 Å². The second kappa shape index (κ2) is 9.32. The number of benzene rings is 2. The molecule has 2 aromatic rings. The van der Waals surface area contributed by atoms with Gasteiger partial charge in [-0.15, -0.1) is 0 Å². The number of amides is 2. The van der Waals surface area contributed by atoms with E-state index >= 15 is 0 Å². The van der Waals surface area contributed by atoms with E-state index in [1.165, 1.54) is 0 Å². The molecule has 0 saturated carbocycles. The van der Waals surface area contributed by atoms with E-state index in [0.29, 0.717) is 16.3 Å². The molecule has 2 amide bonds. The summed E-state index contributed by atoms with van der Waals surface area (Å²) < 4.78 is 36.7. The number of alkyl carbamates (subject to hydrolysis) is 1. The summed E-state index contributed by atoms with van der Waals surface area (Å²) in [6, 6.07) is 11.9. The van der Waals surface area contributed by atoms with Crippen molar-refractivity contribution in [3.63, 3.8) is 0 Å². The Bertz CT molecular complexity index is 982. The van der Waals surface area contributed by atoms with Crippen LogP contribution in [0.5, 0.6) is 5.75 Å². The molecule has 1 aliphatic rings. The van der Waals surface area contributed by atoms with Crippen molar-refractivity contribution >= 4 is 23.6 Å². The molecule has 0 spiro atoms. The van der Waals surface area contributed by atoms with Gasteiger partial charge in [0.05, 0.1) is 24.7 Å². The fourth-order valence-electron chi connectivity index (χ4n) is 3.07. The Morgan fingerprint density at radius 3 is 2.28 bits per heavy atom. The third-order valence-corrected chi connectivity index (χ3v) is 4.85. The average Bonchev–Trinajstić information content (AvgIpc) is 2.68. The number of hydrogen-bond acceptors (Lipinski definition) is 4. The molecular formula is C23H25ClF2N2O4. The maximum atomic E-state index is 13.0. The molecule has 1 aliphatic heterocycles. The quantitative estimate of drug-likeness (QED) is 0.608. The number of carbonyl (C=O) groups excluding carboxylic acids is 2. The van der Waals surface area contributed by atoms with Crippen LogP contribution in [0, 0.1) is 0 Å². The topological polar surface area (TPSA) is 67.9 Å². The first-order valence-corrected chi connectivity index (χ1v) is 10.5. The van der Waals surface area contributed by atoms with E-state index in [1.807, 2.05) is 6.07 Å². The van der Waals surface area contributed by atoms with E-state index in [9.17, 15) is 18.4 Å². The second-order valence-corrected chi connectivity index (χ2v) is 8.92. The molecule has 32 heavy (non-hydrogen) atoms. The average molecular weight is 467 g/mol. The number of likely N-dealkylation sites (tertiary alicyclic amines) is 1. The maximum absolute atomic E-state index is 13.0. The van der Waals surface area contributed by atoms with Crippen LogP contribution < -0.4 is 10.1 Å². The number of carbonyl (C=O) groups is 2. The molecule has 1 saturated heterocycles. The molecule has 1 heterocycles. The van der Waals surface area contributed by atoms with Gasteiger partial charge in [0, 0.05) is 5.56 Å². The minimum Gasteiger partial charge on any atom is -0.490 e. The molecule has 0 aromatic heterocycles. The normalized spacial score (nSPS) is 15.0. The van der Waals surface area contributed by atoms with Crippen LogP contribution in [0.4, 0.5) is 13.6 Å². The van der Waals surface area contributed by atoms with Gasteiger partial charge in [-0.3, -0.25) is 4.79 Å². The monoisotopic (exact) mass is 466 g/mol. The van der Waals surface area contributed by atoms with Gasteiger partial charge < -0.3 is 19.7 Å². The molecule has 0 bridgehead atoms. The first-order chi connectivity index (χ1) is 14.9. The summed E-state index contributed by atoms with van der Waals surface area (Å²) >= 11 is 6.32. The van der Waals surface area contributed by atoms with Gasteiger partial charge in [-0.1, -0.05) is 29.8 Å². The van der Waals surface area contributed by atoms with E-state index in [0.717, 1.165) is 16.0 Å². The van der Waals surface area contributed by atoms with Crippen LogP contribution in [-0.4, -0.2) is 54.7 Å². The fourth-order valence-corrected chi connectivity index (χ4v) is 3.30. The molecule has 1 N–H and O–H groups in total. The van der Waals surface area contributed by atoms with Gasteiger partial charge in [0.15, 0.2) is 0 Å². The summed E-state index contributed by atoms with van der Waals surface area (Å²) in [5.41, 5.74) is 1.41. The van der Waals surface area contributed by atoms with Crippen LogP contribution in [0.25, 0.3) is 11.1 Å². The first-order valence-electron chi connectivity index (χ1n) is 10.1. The molecule has 6 nitrogen and oxygen atoms in total. The highest BCUT2D eigenvalue weighted by atomic mass is 35.5. The predicted octanol–water partition coefficient (Wildman–Crippen LogP) is 5.00. The number of rotatable bonds is 6. The number of alkyl halides is 2. The molecule has 0 unspecified atom stereocenters. The van der Waals surface area contributed by atoms with Gasteiger partial charge in [0.1, 0.15) is 18.0 Å². The van der Waals surface area contributed by atoms with Gasteiger partial charge in [-0.25, -0.2) is 13.6 Å². The standard InChI is InChI=1S/C23H25ClF2N2O4/c1-22(2,3)32-21(30)27-10-11-31-19-9-8-17(12-18(19)24)15-4-6-16(7-5-15)20(29)28-13-23(25,26)14-28/h4-9,12H,10-11,13-14H2,1-3H3,(H,27,30). The van der Waals surface area contributed by atoms with Crippen molar-refractivity contribution in [3.05, 3.63) is 53.1 Å². The summed E-state index contributed by atoms with van der Waals surface area (Å²) in [5, 5.41) is 2.99. The highest BCUT2D eigenvalue weighted by molar-refractivity contribution is 6.32. The number of nitrogens with one attached hydrogen (secondary N) is 1. The Labute approximate surface area is 190 Å². The Kier molecular flexibility index (Phi) is 6.93. The highest BCUT2D eigenvalue weighted by Crippen LogP contribution is 2.31. The molecule has 172 valence electrons. The van der Waals surface area contributed by atoms with Crippen molar-refractivity contribution in [1.82, 2.24) is 10.2 Å². The lowest BCUT2D eigenvalue weighted by Crippen LogP contribution is -2.58. The Balaban J connectivity index is 1.53. The zero-order valence-electron chi connectivity index (χ0n) is 18.1. The van der Waals surface area contributed by atoms with Crippen molar-refractivity contribution in [2.45, 2.75) is 32.3 Å². The van der Waals surface area contributed by atoms with Crippen LogP contribution in [0.3, 0.4) is 0 Å². The van der Waals surface area contributed by atoms with Crippen LogP contribution in [0.1, 0.15) is 31.1 Å². The SMILES string of the molecule is CC(C)(C)OC(=O)NCCOc1ccc(-c2ccc(C(=O)N3CC(F)(F)C3)cc2)cc1Cl. The zero-order chi connectivity index (χ0) is 23.5. The number of halogens is 3. The molecule has 0 atom stereocenters. The lowest BCUT2D eigenvalue weighted by molar-refractivity contribution is -0.113. The Morgan fingerprint density at radius 2 is 1.72 bits per heavy atom. The highest BCUT2D eigenvalue weighted by Gasteiger charge is 2.46. The number of ether oxygens (including phenoxy) is 2. The lowest BCUT2D eigenvalue weighted by Gasteiger charge is -2.38. The van der Waals surface area contributed by atoms with E-state index in [4.69, 9.17) is 21.1 Å². The third-order valence-electron chi connectivity index (χ3n) is 4.56. The fraction of sp³-hybridized carbons (Fsp3) is 0.391.